The van der Waals surface area contributed by atoms with Crippen molar-refractivity contribution in [2.24, 2.45) is 0 Å². The number of nitrogens with zero attached hydrogens (tertiary/aromatic N) is 2. The van der Waals surface area contributed by atoms with Crippen LogP contribution in [0.5, 0.6) is 0 Å². The molecule has 0 radical (unpaired) electrons. The Morgan fingerprint density at radius 3 is 2.49 bits per heavy atom. The molecule has 8 nitrogen and oxygen atoms in total. The Labute approximate surface area is 214 Å². The molecule has 2 aromatic rings. The van der Waals surface area contributed by atoms with E-state index in [0.717, 1.165) is 11.3 Å². The fraction of sp³-hybridized carbons (Fsp3) is 0.440. The first-order valence-electron chi connectivity index (χ1n) is 11.9. The van der Waals surface area contributed by atoms with Gasteiger partial charge in [0.05, 0.1) is 0 Å². The molecule has 35 heavy (non-hydrogen) atoms. The summed E-state index contributed by atoms with van der Waals surface area (Å²) in [5, 5.41) is 10.8. The highest BCUT2D eigenvalue weighted by Gasteiger charge is 2.55. The molecule has 0 spiro atoms. The van der Waals surface area contributed by atoms with Gasteiger partial charge < -0.3 is 25.2 Å². The molecule has 5 rings (SSSR count). The molecule has 2 aromatic carbocycles. The number of hydrogen-bond acceptors (Lipinski definition) is 6. The molecule has 3 atom stereocenters. The maximum absolute atomic E-state index is 13.1. The summed E-state index contributed by atoms with van der Waals surface area (Å²) in [5.41, 5.74) is 1.19. The number of fused-ring (bicyclic) bond motifs is 1. The predicted molar refractivity (Wildman–Crippen MR) is 135 cm³/mol. The maximum atomic E-state index is 13.1. The molecule has 3 aliphatic rings. The number of carbonyl (C=O) groups excluding carboxylic acids is 2. The summed E-state index contributed by atoms with van der Waals surface area (Å²) in [7, 11) is 0. The molecular formula is C25H29Cl2N5O3. The Kier molecular flexibility index (Phi) is 7.18. The third-order valence-corrected chi connectivity index (χ3v) is 7.26. The third-order valence-electron chi connectivity index (χ3n) is 6.83. The average molecular weight is 518 g/mol. The largest absolute Gasteiger partial charge is 0.368 e. The van der Waals surface area contributed by atoms with E-state index >= 15 is 0 Å². The summed E-state index contributed by atoms with van der Waals surface area (Å²) >= 11 is 12.3. The highest BCUT2D eigenvalue weighted by molar-refractivity contribution is 6.35. The molecular weight excluding hydrogens is 489 g/mol. The summed E-state index contributed by atoms with van der Waals surface area (Å²) in [6.07, 6.45) is 0.187. The fourth-order valence-corrected chi connectivity index (χ4v) is 5.29. The number of halogens is 2. The lowest BCUT2D eigenvalue weighted by Crippen LogP contribution is -2.67. The number of ether oxygens (including phenoxy) is 1. The van der Waals surface area contributed by atoms with Crippen LogP contribution in [0.3, 0.4) is 0 Å². The average Bonchev–Trinajstić information content (AvgIpc) is 3.60. The van der Waals surface area contributed by atoms with Gasteiger partial charge in [0.25, 0.3) is 0 Å². The van der Waals surface area contributed by atoms with Gasteiger partial charge in [-0.1, -0.05) is 53.5 Å². The lowest BCUT2D eigenvalue weighted by Gasteiger charge is -2.38. The summed E-state index contributed by atoms with van der Waals surface area (Å²) < 4.78 is 5.47. The molecule has 0 aliphatic carbocycles. The number of carbonyl (C=O) groups is 2. The van der Waals surface area contributed by atoms with E-state index in [1.807, 2.05) is 47.4 Å². The van der Waals surface area contributed by atoms with Crippen molar-refractivity contribution < 1.29 is 14.3 Å². The molecule has 3 aliphatic heterocycles. The lowest BCUT2D eigenvalue weighted by atomic mass is 9.89. The van der Waals surface area contributed by atoms with Crippen LogP contribution in [0.2, 0.25) is 10.0 Å². The Morgan fingerprint density at radius 2 is 1.77 bits per heavy atom. The quantitative estimate of drug-likeness (QED) is 0.465. The van der Waals surface area contributed by atoms with Crippen molar-refractivity contribution in [1.82, 2.24) is 20.9 Å². The van der Waals surface area contributed by atoms with Crippen molar-refractivity contribution >= 4 is 40.7 Å². The Balaban J connectivity index is 1.16. The highest BCUT2D eigenvalue weighted by Crippen LogP contribution is 2.29. The summed E-state index contributed by atoms with van der Waals surface area (Å²) in [5.74, 6) is -0.0862. The van der Waals surface area contributed by atoms with Gasteiger partial charge in [0, 0.05) is 61.4 Å². The molecule has 10 heteroatoms. The first kappa shape index (κ1) is 24.3. The van der Waals surface area contributed by atoms with E-state index in [9.17, 15) is 9.59 Å². The summed E-state index contributed by atoms with van der Waals surface area (Å²) in [6, 6.07) is 15.5. The molecule has 3 heterocycles. The van der Waals surface area contributed by atoms with Gasteiger partial charge in [0.1, 0.15) is 5.54 Å². The molecule has 2 amide bonds. The van der Waals surface area contributed by atoms with Crippen LogP contribution in [0, 0.1) is 0 Å². The minimum absolute atomic E-state index is 0.0460. The molecule has 0 aromatic heterocycles. The van der Waals surface area contributed by atoms with Crippen molar-refractivity contribution in [3.05, 3.63) is 64.1 Å². The Hall–Kier alpha value is -2.36. The number of piperazine rings is 2. The predicted octanol–water partition coefficient (Wildman–Crippen LogP) is 2.35. The fourth-order valence-electron chi connectivity index (χ4n) is 4.77. The summed E-state index contributed by atoms with van der Waals surface area (Å²) in [4.78, 5) is 30.1. The van der Waals surface area contributed by atoms with Crippen molar-refractivity contribution in [2.75, 3.05) is 37.6 Å². The number of nitrogens with one attached hydrogen (secondary N) is 3. The van der Waals surface area contributed by atoms with E-state index in [1.54, 1.807) is 6.07 Å². The van der Waals surface area contributed by atoms with Crippen molar-refractivity contribution in [1.29, 1.82) is 0 Å². The van der Waals surface area contributed by atoms with Gasteiger partial charge in [-0.2, -0.15) is 0 Å². The van der Waals surface area contributed by atoms with E-state index in [4.69, 9.17) is 27.9 Å². The van der Waals surface area contributed by atoms with Gasteiger partial charge in [0.15, 0.2) is 12.5 Å². The highest BCUT2D eigenvalue weighted by atomic mass is 35.5. The second-order valence-electron chi connectivity index (χ2n) is 9.26. The van der Waals surface area contributed by atoms with Gasteiger partial charge in [-0.05, 0) is 30.2 Å². The van der Waals surface area contributed by atoms with E-state index < -0.39 is 5.54 Å². The van der Waals surface area contributed by atoms with Crippen LogP contribution in [-0.4, -0.2) is 67.4 Å². The topological polar surface area (TPSA) is 89.2 Å². The van der Waals surface area contributed by atoms with Crippen molar-refractivity contribution in [2.45, 2.75) is 37.4 Å². The summed E-state index contributed by atoms with van der Waals surface area (Å²) in [6.45, 7) is 3.64. The van der Waals surface area contributed by atoms with Crippen LogP contribution < -0.4 is 20.9 Å². The number of anilines is 1. The first-order chi connectivity index (χ1) is 16.9. The third kappa shape index (κ3) is 5.73. The van der Waals surface area contributed by atoms with Gasteiger partial charge in [-0.15, -0.1) is 0 Å². The van der Waals surface area contributed by atoms with Gasteiger partial charge >= 0.3 is 0 Å². The minimum atomic E-state index is -0.901. The molecule has 0 bridgehead atoms. The molecule has 186 valence electrons. The number of amides is 2. The zero-order chi connectivity index (χ0) is 24.4. The van der Waals surface area contributed by atoms with Crippen LogP contribution in [0.15, 0.2) is 48.5 Å². The van der Waals surface area contributed by atoms with Crippen LogP contribution in [0.25, 0.3) is 0 Å². The van der Waals surface area contributed by atoms with Gasteiger partial charge in [-0.25, -0.2) is 0 Å². The van der Waals surface area contributed by atoms with E-state index in [0.29, 0.717) is 55.7 Å². The number of rotatable bonds is 8. The second-order valence-corrected chi connectivity index (χ2v) is 10.1. The molecule has 3 N–H and O–H groups in total. The van der Waals surface area contributed by atoms with E-state index in [1.165, 1.54) is 0 Å². The smallest absolute Gasteiger partial charge is 0.243 e. The van der Waals surface area contributed by atoms with E-state index in [-0.39, 0.29) is 30.7 Å². The molecule has 3 fully saturated rings. The van der Waals surface area contributed by atoms with Gasteiger partial charge in [0.2, 0.25) is 11.8 Å². The zero-order valence-electron chi connectivity index (χ0n) is 19.3. The first-order valence-corrected chi connectivity index (χ1v) is 12.7. The monoisotopic (exact) mass is 517 g/mol. The maximum Gasteiger partial charge on any atom is 0.243 e. The minimum Gasteiger partial charge on any atom is -0.368 e. The molecule has 3 saturated heterocycles. The van der Waals surface area contributed by atoms with Crippen LogP contribution in [0.4, 0.5) is 5.69 Å². The van der Waals surface area contributed by atoms with Crippen LogP contribution >= 0.6 is 23.2 Å². The van der Waals surface area contributed by atoms with Crippen LogP contribution in [-0.2, 0) is 20.9 Å². The Morgan fingerprint density at radius 1 is 1.06 bits per heavy atom. The number of hydrogen-bond donors (Lipinski definition) is 3. The second kappa shape index (κ2) is 10.3. The zero-order valence-corrected chi connectivity index (χ0v) is 20.8. The van der Waals surface area contributed by atoms with Crippen LogP contribution in [0.1, 0.15) is 18.4 Å². The number of benzene rings is 2. The molecule has 0 saturated carbocycles. The van der Waals surface area contributed by atoms with Gasteiger partial charge in [-0.3, -0.25) is 14.9 Å². The SMILES string of the molecule is O=C(CCC1(CNCc2ccccc2)NC2OC2NC1=O)N1CCN(c2cc(Cl)cc(Cl)c2)CC1. The standard InChI is InChI=1S/C25H29Cl2N5O3/c26-18-12-19(27)14-20(13-18)31-8-10-32(11-9-31)21(33)6-7-25(24(34)29-22-23(30-25)35-22)16-28-15-17-4-2-1-3-5-17/h1-5,12-14,22-23,28,30H,6-11,15-16H2,(H,29,34). The Bertz CT molecular complexity index is 1060. The van der Waals surface area contributed by atoms with E-state index in [2.05, 4.69) is 20.9 Å². The lowest BCUT2D eigenvalue weighted by molar-refractivity contribution is -0.133. The number of epoxide rings is 1. The molecule has 3 unspecified atom stereocenters. The van der Waals surface area contributed by atoms with Crippen molar-refractivity contribution in [3.63, 3.8) is 0 Å². The normalized spacial score (nSPS) is 25.7. The van der Waals surface area contributed by atoms with Crippen molar-refractivity contribution in [3.8, 4) is 0 Å².